The van der Waals surface area contributed by atoms with Crippen LogP contribution in [0.4, 0.5) is 0 Å². The molecule has 0 bridgehead atoms. The summed E-state index contributed by atoms with van der Waals surface area (Å²) in [6, 6.07) is 0. The third-order valence-electron chi connectivity index (χ3n) is 11.1. The molecule has 0 spiro atoms. The summed E-state index contributed by atoms with van der Waals surface area (Å²) in [6.45, 7) is 13.2. The highest BCUT2D eigenvalue weighted by Gasteiger charge is 2.59. The van der Waals surface area contributed by atoms with E-state index < -0.39 is 5.97 Å². The number of hydrogen-bond acceptors (Lipinski definition) is 3. The van der Waals surface area contributed by atoms with Gasteiger partial charge in [0, 0.05) is 0 Å². The molecule has 0 aromatic rings. The molecule has 1 N–H and O–H groups in total. The molecule has 4 aliphatic carbocycles. The van der Waals surface area contributed by atoms with Gasteiger partial charge in [0.2, 0.25) is 0 Å². The molecule has 3 unspecified atom stereocenters. The molecule has 0 amide bonds. The van der Waals surface area contributed by atoms with Crippen molar-refractivity contribution >= 4 is 5.97 Å². The largest absolute Gasteiger partial charge is 0.480 e. The number of carboxylic acids is 1. The predicted octanol–water partition coefficient (Wildman–Crippen LogP) is 7.51. The zero-order valence-electron chi connectivity index (χ0n) is 23.2. The molecule has 8 atom stereocenters. The lowest BCUT2D eigenvalue weighted by Gasteiger charge is -2.58. The highest BCUT2D eigenvalue weighted by molar-refractivity contribution is 5.67. The van der Waals surface area contributed by atoms with Crippen LogP contribution in [0, 0.1) is 46.3 Å². The normalized spacial score (nSPS) is 39.5. The van der Waals surface area contributed by atoms with Crippen LogP contribution in [0.1, 0.15) is 105 Å². The Bertz CT molecular complexity index is 759. The number of fused-ring (bicyclic) bond motifs is 5. The van der Waals surface area contributed by atoms with E-state index in [-0.39, 0.29) is 12.7 Å². The average molecular weight is 489 g/mol. The molecular weight excluding hydrogens is 436 g/mol. The first-order valence-electron chi connectivity index (χ1n) is 14.8. The van der Waals surface area contributed by atoms with Crippen molar-refractivity contribution in [2.24, 2.45) is 46.3 Å². The van der Waals surface area contributed by atoms with Crippen LogP contribution in [0.25, 0.3) is 0 Å². The minimum Gasteiger partial charge on any atom is -0.480 e. The van der Waals surface area contributed by atoms with Gasteiger partial charge in [-0.1, -0.05) is 65.5 Å². The topological polar surface area (TPSA) is 55.8 Å². The van der Waals surface area contributed by atoms with Crippen LogP contribution in [0.15, 0.2) is 11.6 Å². The van der Waals surface area contributed by atoms with Crippen LogP contribution in [0.3, 0.4) is 0 Å². The molecule has 35 heavy (non-hydrogen) atoms. The van der Waals surface area contributed by atoms with E-state index in [2.05, 4.69) is 40.7 Å². The van der Waals surface area contributed by atoms with E-state index >= 15 is 0 Å². The van der Waals surface area contributed by atoms with Crippen LogP contribution < -0.4 is 0 Å². The summed E-state index contributed by atoms with van der Waals surface area (Å²) in [7, 11) is 0. The predicted molar refractivity (Wildman–Crippen MR) is 141 cm³/mol. The number of rotatable bonds is 11. The molecule has 0 radical (unpaired) electrons. The molecule has 0 aromatic carbocycles. The minimum atomic E-state index is -0.918. The molecule has 4 aliphatic rings. The van der Waals surface area contributed by atoms with Crippen LogP contribution >= 0.6 is 0 Å². The number of hydrogen-bond donors (Lipinski definition) is 1. The number of aliphatic carboxylic acids is 1. The van der Waals surface area contributed by atoms with Gasteiger partial charge in [-0.3, -0.25) is 0 Å². The summed E-state index contributed by atoms with van der Waals surface area (Å²) in [5.74, 6) is 4.34. The molecule has 0 aromatic heterocycles. The zero-order valence-corrected chi connectivity index (χ0v) is 23.2. The van der Waals surface area contributed by atoms with Gasteiger partial charge in [0.05, 0.1) is 19.3 Å². The van der Waals surface area contributed by atoms with Gasteiger partial charge in [-0.25, -0.2) is 4.79 Å². The summed E-state index contributed by atoms with van der Waals surface area (Å²) in [4.78, 5) is 10.6. The van der Waals surface area contributed by atoms with Crippen molar-refractivity contribution in [2.75, 3.05) is 19.8 Å². The standard InChI is InChI=1S/C31H52O4/c1-21(2)7-6-8-22(3)26-11-12-27-25-10-9-23-19-24(35-18-17-34-20-29(32)33)13-15-30(23,4)28(25)14-16-31(26,27)5/h9,21-22,24-28H,6-8,10-20H2,1-5H3,(H,32,33)/t22-,24?,25+,26-,27?,28?,30+,31-/m1/s1. The first kappa shape index (κ1) is 27.2. The Labute approximate surface area is 214 Å². The Morgan fingerprint density at radius 3 is 2.60 bits per heavy atom. The second-order valence-electron chi connectivity index (χ2n) is 13.5. The number of ether oxygens (including phenoxy) is 2. The number of carboxylic acid groups (broad SMARTS) is 1. The van der Waals surface area contributed by atoms with Gasteiger partial charge in [0.25, 0.3) is 0 Å². The maximum Gasteiger partial charge on any atom is 0.329 e. The fourth-order valence-corrected chi connectivity index (χ4v) is 9.23. The highest BCUT2D eigenvalue weighted by atomic mass is 16.5. The lowest BCUT2D eigenvalue weighted by atomic mass is 9.47. The highest BCUT2D eigenvalue weighted by Crippen LogP contribution is 2.67. The van der Waals surface area contributed by atoms with Crippen molar-refractivity contribution < 1.29 is 19.4 Å². The van der Waals surface area contributed by atoms with Crippen LogP contribution in [0.5, 0.6) is 0 Å². The fourth-order valence-electron chi connectivity index (χ4n) is 9.23. The zero-order chi connectivity index (χ0) is 25.2. The Morgan fingerprint density at radius 1 is 1.06 bits per heavy atom. The molecule has 0 aliphatic heterocycles. The van der Waals surface area contributed by atoms with Crippen LogP contribution in [-0.2, 0) is 14.3 Å². The first-order chi connectivity index (χ1) is 16.6. The van der Waals surface area contributed by atoms with Crippen molar-refractivity contribution in [2.45, 2.75) is 111 Å². The molecule has 3 fully saturated rings. The lowest BCUT2D eigenvalue weighted by molar-refractivity contribution is -0.143. The average Bonchev–Trinajstić information content (AvgIpc) is 3.15. The molecular formula is C31H52O4. The van der Waals surface area contributed by atoms with Gasteiger partial charge in [-0.15, -0.1) is 0 Å². The molecule has 3 saturated carbocycles. The van der Waals surface area contributed by atoms with Crippen LogP contribution in [0.2, 0.25) is 0 Å². The molecule has 4 nitrogen and oxygen atoms in total. The SMILES string of the molecule is CC(C)CCC[C@@H](C)[C@H]1CCC2[C@@H]3CC=C4CC(OCCOCC(=O)O)CC[C@]4(C)C3CC[C@@]21C. The van der Waals surface area contributed by atoms with Crippen molar-refractivity contribution in [1.29, 1.82) is 0 Å². The summed E-state index contributed by atoms with van der Waals surface area (Å²) < 4.78 is 11.3. The first-order valence-corrected chi connectivity index (χ1v) is 14.8. The minimum absolute atomic E-state index is 0.238. The van der Waals surface area contributed by atoms with Crippen LogP contribution in [-0.4, -0.2) is 37.0 Å². The van der Waals surface area contributed by atoms with E-state index in [0.29, 0.717) is 24.0 Å². The molecule has 4 heteroatoms. The summed E-state index contributed by atoms with van der Waals surface area (Å²) >= 11 is 0. The van der Waals surface area contributed by atoms with Gasteiger partial charge in [-0.05, 0) is 97.7 Å². The summed E-state index contributed by atoms with van der Waals surface area (Å²) in [6.07, 6.45) is 17.5. The van der Waals surface area contributed by atoms with Crippen molar-refractivity contribution in [3.05, 3.63) is 11.6 Å². The fraction of sp³-hybridized carbons (Fsp3) is 0.903. The van der Waals surface area contributed by atoms with E-state index in [9.17, 15) is 4.79 Å². The summed E-state index contributed by atoms with van der Waals surface area (Å²) in [5.41, 5.74) is 2.56. The van der Waals surface area contributed by atoms with E-state index in [0.717, 1.165) is 48.3 Å². The van der Waals surface area contributed by atoms with E-state index in [1.165, 1.54) is 57.8 Å². The molecule has 4 rings (SSSR count). The monoisotopic (exact) mass is 488 g/mol. The second-order valence-corrected chi connectivity index (χ2v) is 13.5. The van der Waals surface area contributed by atoms with Gasteiger partial charge < -0.3 is 14.6 Å². The Hall–Kier alpha value is -0.870. The molecule has 200 valence electrons. The van der Waals surface area contributed by atoms with Gasteiger partial charge >= 0.3 is 5.97 Å². The van der Waals surface area contributed by atoms with Crippen molar-refractivity contribution in [3.63, 3.8) is 0 Å². The third kappa shape index (κ3) is 5.69. The Kier molecular flexibility index (Phi) is 8.74. The maximum atomic E-state index is 10.6. The van der Waals surface area contributed by atoms with E-state index in [1.807, 2.05) is 0 Å². The van der Waals surface area contributed by atoms with Crippen molar-refractivity contribution in [3.8, 4) is 0 Å². The Morgan fingerprint density at radius 2 is 1.86 bits per heavy atom. The molecule has 0 saturated heterocycles. The Balaban J connectivity index is 1.36. The van der Waals surface area contributed by atoms with E-state index in [1.54, 1.807) is 5.57 Å². The number of allylic oxidation sites excluding steroid dienone is 1. The number of carbonyl (C=O) groups is 1. The maximum absolute atomic E-state index is 10.6. The second kappa shape index (κ2) is 11.3. The third-order valence-corrected chi connectivity index (χ3v) is 11.1. The van der Waals surface area contributed by atoms with Gasteiger partial charge in [0.1, 0.15) is 6.61 Å². The lowest BCUT2D eigenvalue weighted by Crippen LogP contribution is -2.51. The van der Waals surface area contributed by atoms with Gasteiger partial charge in [0.15, 0.2) is 0 Å². The van der Waals surface area contributed by atoms with Gasteiger partial charge in [-0.2, -0.15) is 0 Å². The van der Waals surface area contributed by atoms with Crippen molar-refractivity contribution in [1.82, 2.24) is 0 Å². The summed E-state index contributed by atoms with van der Waals surface area (Å²) in [5, 5.41) is 8.71. The van der Waals surface area contributed by atoms with E-state index in [4.69, 9.17) is 14.6 Å². The smallest absolute Gasteiger partial charge is 0.329 e. The molecule has 0 heterocycles. The quantitative estimate of drug-likeness (QED) is 0.241.